The first kappa shape index (κ1) is 9.66. The van der Waals surface area contributed by atoms with Crippen LogP contribution in [0.3, 0.4) is 0 Å². The molecule has 0 atom stereocenters. The molecule has 0 N–H and O–H groups in total. The van der Waals surface area contributed by atoms with E-state index in [-0.39, 0.29) is 0 Å². The van der Waals surface area contributed by atoms with Crippen LogP contribution in [-0.2, 0) is 5.75 Å². The zero-order valence-electron chi connectivity index (χ0n) is 8.27. The van der Waals surface area contributed by atoms with Gasteiger partial charge >= 0.3 is 0 Å². The van der Waals surface area contributed by atoms with Gasteiger partial charge in [0.25, 0.3) is 0 Å². The Labute approximate surface area is 79.4 Å². The highest BCUT2D eigenvalue weighted by Crippen LogP contribution is 2.19. The lowest BCUT2D eigenvalue weighted by atomic mass is 10.0. The molecule has 0 fully saturated rings. The van der Waals surface area contributed by atoms with Gasteiger partial charge in [-0.25, -0.2) is 0 Å². The molecule has 0 aliphatic carbocycles. The predicted molar refractivity (Wildman–Crippen MR) is 57.9 cm³/mol. The molecule has 1 aromatic carbocycles. The standard InChI is InChI=1S/C11H16S/c1-8-5-9(2)10(3)11(6-8)7-12-4/h5-6H,7H2,1-4H3. The van der Waals surface area contributed by atoms with Crippen LogP contribution < -0.4 is 0 Å². The molecule has 0 aliphatic heterocycles. The van der Waals surface area contributed by atoms with Crippen LogP contribution in [0, 0.1) is 20.8 Å². The van der Waals surface area contributed by atoms with Crippen LogP contribution in [0.4, 0.5) is 0 Å². The maximum atomic E-state index is 2.29. The summed E-state index contributed by atoms with van der Waals surface area (Å²) in [6, 6.07) is 4.54. The van der Waals surface area contributed by atoms with E-state index in [0.29, 0.717) is 0 Å². The Morgan fingerprint density at radius 1 is 1.17 bits per heavy atom. The number of aryl methyl sites for hydroxylation is 2. The average Bonchev–Trinajstić information content (AvgIpc) is 2.00. The van der Waals surface area contributed by atoms with Gasteiger partial charge in [0.1, 0.15) is 0 Å². The van der Waals surface area contributed by atoms with E-state index in [9.17, 15) is 0 Å². The Balaban J connectivity index is 3.09. The summed E-state index contributed by atoms with van der Waals surface area (Å²) in [4.78, 5) is 0. The van der Waals surface area contributed by atoms with Crippen molar-refractivity contribution in [1.29, 1.82) is 0 Å². The molecule has 0 aromatic heterocycles. The van der Waals surface area contributed by atoms with Gasteiger partial charge in [-0.05, 0) is 43.7 Å². The van der Waals surface area contributed by atoms with Gasteiger partial charge in [-0.3, -0.25) is 0 Å². The average molecular weight is 180 g/mol. The molecule has 1 heteroatoms. The molecule has 0 nitrogen and oxygen atoms in total. The van der Waals surface area contributed by atoms with E-state index in [2.05, 4.69) is 39.2 Å². The maximum Gasteiger partial charge on any atom is 0.0184 e. The number of thioether (sulfide) groups is 1. The summed E-state index contributed by atoms with van der Waals surface area (Å²) >= 11 is 1.89. The summed E-state index contributed by atoms with van der Waals surface area (Å²) in [6.07, 6.45) is 2.15. The van der Waals surface area contributed by atoms with Crippen molar-refractivity contribution in [2.75, 3.05) is 6.26 Å². The molecular formula is C11H16S. The molecule has 1 rings (SSSR count). The van der Waals surface area contributed by atoms with Gasteiger partial charge in [0.2, 0.25) is 0 Å². The van der Waals surface area contributed by atoms with Crippen molar-refractivity contribution in [3.63, 3.8) is 0 Å². The van der Waals surface area contributed by atoms with Crippen LogP contribution in [-0.4, -0.2) is 6.26 Å². The van der Waals surface area contributed by atoms with Gasteiger partial charge < -0.3 is 0 Å². The fourth-order valence-electron chi connectivity index (χ4n) is 1.43. The van der Waals surface area contributed by atoms with Crippen molar-refractivity contribution in [3.8, 4) is 0 Å². The molecule has 0 saturated carbocycles. The second kappa shape index (κ2) is 3.99. The minimum absolute atomic E-state index is 1.13. The van der Waals surface area contributed by atoms with Gasteiger partial charge in [-0.2, -0.15) is 11.8 Å². The summed E-state index contributed by atoms with van der Waals surface area (Å²) in [6.45, 7) is 6.56. The molecule has 12 heavy (non-hydrogen) atoms. The van der Waals surface area contributed by atoms with Crippen molar-refractivity contribution in [3.05, 3.63) is 34.4 Å². The quantitative estimate of drug-likeness (QED) is 0.671. The summed E-state index contributed by atoms with van der Waals surface area (Å²) in [5.74, 6) is 1.13. The number of benzene rings is 1. The smallest absolute Gasteiger partial charge is 0.0184 e. The largest absolute Gasteiger partial charge is 0.161 e. The first-order valence-corrected chi connectivity index (χ1v) is 5.60. The molecule has 0 heterocycles. The van der Waals surface area contributed by atoms with Crippen molar-refractivity contribution >= 4 is 11.8 Å². The molecule has 0 spiro atoms. The normalized spacial score (nSPS) is 10.3. The third-order valence-corrected chi connectivity index (χ3v) is 2.82. The zero-order chi connectivity index (χ0) is 9.14. The minimum atomic E-state index is 1.13. The lowest BCUT2D eigenvalue weighted by Gasteiger charge is -2.08. The van der Waals surface area contributed by atoms with Crippen LogP contribution in [0.25, 0.3) is 0 Å². The fourth-order valence-corrected chi connectivity index (χ4v) is 2.04. The maximum absolute atomic E-state index is 2.29. The Morgan fingerprint density at radius 2 is 1.83 bits per heavy atom. The third-order valence-electron chi connectivity index (χ3n) is 2.22. The van der Waals surface area contributed by atoms with Gasteiger partial charge in [0, 0.05) is 5.75 Å². The van der Waals surface area contributed by atoms with E-state index in [1.54, 1.807) is 0 Å². The Kier molecular flexibility index (Phi) is 3.21. The number of hydrogen-bond donors (Lipinski definition) is 0. The monoisotopic (exact) mass is 180 g/mol. The molecule has 66 valence electrons. The predicted octanol–water partition coefficient (Wildman–Crippen LogP) is 3.47. The SMILES string of the molecule is CSCc1cc(C)cc(C)c1C. The van der Waals surface area contributed by atoms with Crippen LogP contribution in [0.1, 0.15) is 22.3 Å². The van der Waals surface area contributed by atoms with E-state index in [4.69, 9.17) is 0 Å². The lowest BCUT2D eigenvalue weighted by Crippen LogP contribution is -1.91. The highest BCUT2D eigenvalue weighted by molar-refractivity contribution is 7.97. The van der Waals surface area contributed by atoms with E-state index >= 15 is 0 Å². The van der Waals surface area contributed by atoms with E-state index in [1.165, 1.54) is 22.3 Å². The summed E-state index contributed by atoms with van der Waals surface area (Å²) in [5.41, 5.74) is 5.73. The van der Waals surface area contributed by atoms with Crippen molar-refractivity contribution in [2.24, 2.45) is 0 Å². The fraction of sp³-hybridized carbons (Fsp3) is 0.455. The topological polar surface area (TPSA) is 0 Å². The first-order chi connectivity index (χ1) is 5.65. The Hall–Kier alpha value is -0.430. The first-order valence-electron chi connectivity index (χ1n) is 4.21. The number of rotatable bonds is 2. The highest BCUT2D eigenvalue weighted by atomic mass is 32.2. The summed E-state index contributed by atoms with van der Waals surface area (Å²) < 4.78 is 0. The third kappa shape index (κ3) is 2.04. The molecule has 0 unspecified atom stereocenters. The molecule has 0 amide bonds. The Bertz CT molecular complexity index is 277. The molecule has 0 aliphatic rings. The molecule has 0 saturated heterocycles. The molecular weight excluding hydrogens is 164 g/mol. The lowest BCUT2D eigenvalue weighted by molar-refractivity contribution is 1.22. The minimum Gasteiger partial charge on any atom is -0.161 e. The summed E-state index contributed by atoms with van der Waals surface area (Å²) in [5, 5.41) is 0. The van der Waals surface area contributed by atoms with Crippen LogP contribution in [0.2, 0.25) is 0 Å². The Morgan fingerprint density at radius 3 is 2.42 bits per heavy atom. The van der Waals surface area contributed by atoms with E-state index in [0.717, 1.165) is 5.75 Å². The van der Waals surface area contributed by atoms with Crippen molar-refractivity contribution in [1.82, 2.24) is 0 Å². The van der Waals surface area contributed by atoms with Crippen LogP contribution >= 0.6 is 11.8 Å². The van der Waals surface area contributed by atoms with Gasteiger partial charge in [-0.15, -0.1) is 0 Å². The summed E-state index contributed by atoms with van der Waals surface area (Å²) in [7, 11) is 0. The van der Waals surface area contributed by atoms with Crippen LogP contribution in [0.15, 0.2) is 12.1 Å². The van der Waals surface area contributed by atoms with Gasteiger partial charge in [0.15, 0.2) is 0 Å². The van der Waals surface area contributed by atoms with E-state index < -0.39 is 0 Å². The van der Waals surface area contributed by atoms with Gasteiger partial charge in [-0.1, -0.05) is 17.7 Å². The molecule has 0 bridgehead atoms. The van der Waals surface area contributed by atoms with Crippen LogP contribution in [0.5, 0.6) is 0 Å². The van der Waals surface area contributed by atoms with Crippen molar-refractivity contribution < 1.29 is 0 Å². The van der Waals surface area contributed by atoms with Gasteiger partial charge in [0.05, 0.1) is 0 Å². The van der Waals surface area contributed by atoms with Crippen molar-refractivity contribution in [2.45, 2.75) is 26.5 Å². The van der Waals surface area contributed by atoms with E-state index in [1.807, 2.05) is 11.8 Å². The molecule has 1 aromatic rings. The second-order valence-electron chi connectivity index (χ2n) is 3.30. The molecule has 0 radical (unpaired) electrons. The zero-order valence-corrected chi connectivity index (χ0v) is 9.09. The highest BCUT2D eigenvalue weighted by Gasteiger charge is 2.00. The number of hydrogen-bond acceptors (Lipinski definition) is 1. The second-order valence-corrected chi connectivity index (χ2v) is 4.16.